The molecule has 0 saturated heterocycles. The topological polar surface area (TPSA) is 35.9 Å². The van der Waals surface area contributed by atoms with Crippen LogP contribution in [0.5, 0.6) is 0 Å². The van der Waals surface area contributed by atoms with E-state index < -0.39 is 0 Å². The van der Waals surface area contributed by atoms with Crippen molar-refractivity contribution in [2.45, 2.75) is 27.7 Å². The predicted octanol–water partition coefficient (Wildman–Crippen LogP) is 16.6. The van der Waals surface area contributed by atoms with Crippen molar-refractivity contribution in [3.63, 3.8) is 0 Å². The van der Waals surface area contributed by atoms with Gasteiger partial charge >= 0.3 is 0 Å². The van der Waals surface area contributed by atoms with Crippen LogP contribution in [0.2, 0.25) is 0 Å². The summed E-state index contributed by atoms with van der Waals surface area (Å²) in [5, 5.41) is 4.92. The second-order valence-corrected chi connectivity index (χ2v) is 16.4. The molecule has 1 aliphatic carbocycles. The van der Waals surface area contributed by atoms with Gasteiger partial charge in [-0.15, -0.1) is 6.58 Å². The molecule has 0 unspecified atom stereocenters. The summed E-state index contributed by atoms with van der Waals surface area (Å²) in [6.07, 6.45) is 1.75. The summed E-state index contributed by atoms with van der Waals surface area (Å²) >= 11 is 0. The van der Waals surface area contributed by atoms with Gasteiger partial charge in [0.25, 0.3) is 0 Å². The summed E-state index contributed by atoms with van der Waals surface area (Å²) in [5.74, 6) is 0. The van der Waals surface area contributed by atoms with E-state index >= 15 is 0 Å². The van der Waals surface area contributed by atoms with Crippen molar-refractivity contribution in [1.82, 2.24) is 9.13 Å². The minimum absolute atomic E-state index is 0.793. The SMILES string of the molecule is C=CC.CC.Cc1cccc2c1/C(=C(\N)c1cccc(-n3c4ccccc4c4cc(-c5ccc6c(c5)c5ccccc5n6-c5ccc(-c6ccccc6)cc5)ccc43)c1)c1ccccc1-2. The van der Waals surface area contributed by atoms with Crippen LogP contribution in [0.3, 0.4) is 0 Å². The van der Waals surface area contributed by atoms with Crippen molar-refractivity contribution in [1.29, 1.82) is 0 Å². The number of nitrogens with two attached hydrogens (primary N) is 1. The molecule has 11 aromatic rings. The maximum atomic E-state index is 7.24. The number of hydrogen-bond acceptors (Lipinski definition) is 1. The van der Waals surface area contributed by atoms with Gasteiger partial charge in [-0.2, -0.15) is 0 Å². The van der Waals surface area contributed by atoms with Gasteiger partial charge in [0.1, 0.15) is 0 Å². The lowest BCUT2D eigenvalue weighted by atomic mass is 9.95. The van der Waals surface area contributed by atoms with E-state index in [1.807, 2.05) is 20.8 Å². The highest BCUT2D eigenvalue weighted by atomic mass is 15.0. The largest absolute Gasteiger partial charge is 0.398 e. The van der Waals surface area contributed by atoms with E-state index in [1.54, 1.807) is 6.08 Å². The Kier molecular flexibility index (Phi) is 10.8. The third-order valence-electron chi connectivity index (χ3n) is 12.6. The smallest absolute Gasteiger partial charge is 0.0541 e. The molecule has 1 aliphatic rings. The predicted molar refractivity (Wildman–Crippen MR) is 280 cm³/mol. The Balaban J connectivity index is 0.000000959. The van der Waals surface area contributed by atoms with Crippen molar-refractivity contribution >= 4 is 54.9 Å². The van der Waals surface area contributed by atoms with Crippen molar-refractivity contribution in [3.05, 3.63) is 241 Å². The summed E-state index contributed by atoms with van der Waals surface area (Å²) < 4.78 is 4.78. The van der Waals surface area contributed by atoms with Gasteiger partial charge in [0.05, 0.1) is 22.1 Å². The van der Waals surface area contributed by atoms with Crippen LogP contribution in [-0.4, -0.2) is 9.13 Å². The molecular weight excluding hydrogens is 787 g/mol. The van der Waals surface area contributed by atoms with E-state index in [9.17, 15) is 0 Å². The summed E-state index contributed by atoms with van der Waals surface area (Å²) in [7, 11) is 0. The number of aromatic nitrogens is 2. The molecule has 0 bridgehead atoms. The van der Waals surface area contributed by atoms with E-state index in [-0.39, 0.29) is 0 Å². The van der Waals surface area contributed by atoms with Crippen molar-refractivity contribution in [3.8, 4) is 44.8 Å². The zero-order valence-electron chi connectivity index (χ0n) is 37.4. The van der Waals surface area contributed by atoms with Crippen LogP contribution in [0.4, 0.5) is 0 Å². The van der Waals surface area contributed by atoms with E-state index in [1.165, 1.54) is 82.6 Å². The molecule has 0 fully saturated rings. The fourth-order valence-corrected chi connectivity index (χ4v) is 9.83. The number of allylic oxidation sites excluding steroid dienone is 1. The molecule has 2 aromatic heterocycles. The number of fused-ring (bicyclic) bond motifs is 9. The average Bonchev–Trinajstić information content (AvgIpc) is 4.01. The average molecular weight is 838 g/mol. The first-order valence-corrected chi connectivity index (χ1v) is 22.6. The van der Waals surface area contributed by atoms with Gasteiger partial charge in [-0.25, -0.2) is 0 Å². The van der Waals surface area contributed by atoms with Crippen LogP contribution in [-0.2, 0) is 0 Å². The first kappa shape index (κ1) is 40.9. The standard InChI is InChI=1S/C57H39N3.C3H6.C2H6/c1-36-13-11-22-47-44-18-5-6-21-48(44)56(55(36)47)57(58)41-16-12-17-43(33-41)60-52-24-10-8-20-46(52)50-35-40(28-32-54(50)60)39-27-31-53-49(34-39)45-19-7-9-23-51(45)59(53)42-29-25-38(26-30-42)37-14-3-2-4-15-37;1-3-2;1-2/h2-35H,58H2,1H3;3H,1H2,2H3;1-2H3/b57-56-;;. The number of rotatable bonds is 5. The summed E-state index contributed by atoms with van der Waals surface area (Å²) in [5.41, 5.74) is 28.0. The van der Waals surface area contributed by atoms with Gasteiger partial charge in [0, 0.05) is 49.8 Å². The Morgan fingerprint density at radius 3 is 1.54 bits per heavy atom. The quantitative estimate of drug-likeness (QED) is 0.172. The minimum Gasteiger partial charge on any atom is -0.398 e. The van der Waals surface area contributed by atoms with Crippen LogP contribution >= 0.6 is 0 Å². The Morgan fingerprint density at radius 1 is 0.431 bits per heavy atom. The van der Waals surface area contributed by atoms with Gasteiger partial charge in [0.15, 0.2) is 0 Å². The molecule has 12 rings (SSSR count). The van der Waals surface area contributed by atoms with E-state index in [4.69, 9.17) is 5.73 Å². The van der Waals surface area contributed by atoms with Crippen LogP contribution in [0.15, 0.2) is 219 Å². The molecule has 2 heterocycles. The molecule has 3 nitrogen and oxygen atoms in total. The van der Waals surface area contributed by atoms with E-state index in [2.05, 4.69) is 229 Å². The van der Waals surface area contributed by atoms with Crippen molar-refractivity contribution in [2.24, 2.45) is 5.73 Å². The summed E-state index contributed by atoms with van der Waals surface area (Å²) in [6, 6.07) is 74.7. The van der Waals surface area contributed by atoms with Crippen LogP contribution < -0.4 is 5.73 Å². The van der Waals surface area contributed by atoms with Gasteiger partial charge < -0.3 is 14.9 Å². The zero-order valence-corrected chi connectivity index (χ0v) is 37.4. The van der Waals surface area contributed by atoms with Gasteiger partial charge in [-0.05, 0) is 125 Å². The van der Waals surface area contributed by atoms with E-state index in [0.717, 1.165) is 39.2 Å². The fourth-order valence-electron chi connectivity index (χ4n) is 9.83. The third-order valence-corrected chi connectivity index (χ3v) is 12.6. The number of benzene rings is 9. The Bertz CT molecular complexity index is 3600. The number of para-hydroxylation sites is 2. The number of nitrogens with zero attached hydrogens (tertiary/aromatic N) is 2. The lowest BCUT2D eigenvalue weighted by Crippen LogP contribution is -2.03. The highest BCUT2D eigenvalue weighted by molar-refractivity contribution is 6.13. The first-order valence-electron chi connectivity index (χ1n) is 22.6. The molecule has 9 aromatic carbocycles. The van der Waals surface area contributed by atoms with Crippen LogP contribution in [0, 0.1) is 6.92 Å². The number of hydrogen-bond donors (Lipinski definition) is 1. The molecule has 0 aliphatic heterocycles. The molecule has 0 radical (unpaired) electrons. The lowest BCUT2D eigenvalue weighted by Gasteiger charge is -2.14. The van der Waals surface area contributed by atoms with Gasteiger partial charge in [-0.1, -0.05) is 166 Å². The zero-order chi connectivity index (χ0) is 44.6. The Morgan fingerprint density at radius 2 is 0.908 bits per heavy atom. The van der Waals surface area contributed by atoms with Gasteiger partial charge in [-0.3, -0.25) is 0 Å². The fraction of sp³-hybridized carbons (Fsp3) is 0.0645. The monoisotopic (exact) mass is 837 g/mol. The molecule has 0 saturated carbocycles. The molecule has 0 spiro atoms. The summed E-state index contributed by atoms with van der Waals surface area (Å²) in [6.45, 7) is 11.4. The highest BCUT2D eigenvalue weighted by Gasteiger charge is 2.27. The lowest BCUT2D eigenvalue weighted by molar-refractivity contribution is 1.18. The molecule has 2 N–H and O–H groups in total. The van der Waals surface area contributed by atoms with Crippen LogP contribution in [0.25, 0.3) is 99.6 Å². The molecule has 0 atom stereocenters. The molecule has 0 amide bonds. The van der Waals surface area contributed by atoms with Crippen molar-refractivity contribution < 1.29 is 0 Å². The van der Waals surface area contributed by atoms with Crippen LogP contribution in [0.1, 0.15) is 43.0 Å². The highest BCUT2D eigenvalue weighted by Crippen LogP contribution is 2.48. The second kappa shape index (κ2) is 17.2. The van der Waals surface area contributed by atoms with Gasteiger partial charge in [0.2, 0.25) is 0 Å². The Hall–Kier alpha value is -8.14. The maximum absolute atomic E-state index is 7.24. The third kappa shape index (κ3) is 6.93. The molecular formula is C62H51N3. The van der Waals surface area contributed by atoms with E-state index in [0.29, 0.717) is 0 Å². The minimum atomic E-state index is 0.793. The normalized spacial score (nSPS) is 12.3. The second-order valence-electron chi connectivity index (χ2n) is 16.4. The number of aryl methyl sites for hydroxylation is 1. The van der Waals surface area contributed by atoms with Crippen molar-refractivity contribution in [2.75, 3.05) is 0 Å². The Labute approximate surface area is 381 Å². The first-order chi connectivity index (χ1) is 32.0. The molecule has 65 heavy (non-hydrogen) atoms. The molecule has 314 valence electrons. The summed E-state index contributed by atoms with van der Waals surface area (Å²) in [4.78, 5) is 0. The maximum Gasteiger partial charge on any atom is 0.0541 e. The molecule has 3 heteroatoms.